The molecule has 0 unspecified atom stereocenters. The number of carbonyl (C=O) groups is 4. The summed E-state index contributed by atoms with van der Waals surface area (Å²) < 4.78 is 31.5. The molecule has 9 rings (SSSR count). The van der Waals surface area contributed by atoms with Gasteiger partial charge in [0, 0.05) is 5.92 Å². The van der Waals surface area contributed by atoms with Crippen molar-refractivity contribution in [1.82, 2.24) is 0 Å². The van der Waals surface area contributed by atoms with E-state index in [9.17, 15) is 24.3 Å². The summed E-state index contributed by atoms with van der Waals surface area (Å²) in [5.41, 5.74) is -8.23. The Hall–Kier alpha value is -2.14. The van der Waals surface area contributed by atoms with Gasteiger partial charge in [0.15, 0.2) is 28.4 Å². The highest BCUT2D eigenvalue weighted by Gasteiger charge is 2.94. The van der Waals surface area contributed by atoms with Crippen LogP contribution in [0.15, 0.2) is 12.2 Å². The lowest BCUT2D eigenvalue weighted by atomic mass is 9.46. The van der Waals surface area contributed by atoms with Gasteiger partial charge in [-0.1, -0.05) is 13.0 Å². The van der Waals surface area contributed by atoms with Gasteiger partial charge in [-0.3, -0.25) is 14.4 Å². The molecule has 13 atom stereocenters. The molecule has 10 nitrogen and oxygen atoms in total. The third-order valence-corrected chi connectivity index (χ3v) is 12.9. The van der Waals surface area contributed by atoms with Crippen LogP contribution in [-0.4, -0.2) is 75.6 Å². The van der Waals surface area contributed by atoms with Crippen LogP contribution in [0.2, 0.25) is 0 Å². The van der Waals surface area contributed by atoms with Gasteiger partial charge in [-0.15, -0.1) is 0 Å². The van der Waals surface area contributed by atoms with E-state index < -0.39 is 80.7 Å². The molecule has 0 amide bonds. The Labute approximate surface area is 218 Å². The van der Waals surface area contributed by atoms with E-state index in [1.807, 2.05) is 19.9 Å². The zero-order valence-corrected chi connectivity index (χ0v) is 21.5. The van der Waals surface area contributed by atoms with Crippen molar-refractivity contribution in [2.24, 2.45) is 34.5 Å². The number of hydrogen-bond acceptors (Lipinski definition) is 10. The quantitative estimate of drug-likeness (QED) is 0.356. The summed E-state index contributed by atoms with van der Waals surface area (Å²) >= 11 is 0. The normalized spacial score (nSPS) is 64.1. The second-order valence-corrected chi connectivity index (χ2v) is 13.8. The Morgan fingerprint density at radius 1 is 1.05 bits per heavy atom. The van der Waals surface area contributed by atoms with E-state index in [0.29, 0.717) is 12.8 Å². The van der Waals surface area contributed by atoms with E-state index in [4.69, 9.17) is 23.7 Å². The Bertz CT molecular complexity index is 1340. The predicted molar refractivity (Wildman–Crippen MR) is 122 cm³/mol. The molecule has 1 N–H and O–H groups in total. The van der Waals surface area contributed by atoms with E-state index in [1.54, 1.807) is 13.0 Å². The van der Waals surface area contributed by atoms with Gasteiger partial charge in [0.1, 0.15) is 11.7 Å². The minimum atomic E-state index is -2.19. The SMILES string of the molecule is C[C@@]12C[C@H]3OC(=O)[C@@H]1CO[C@@]14O[C@@]5([C@H]2C1=O)[C@@]3(C)OC(=O)[C@@]5(O)CC[C@@H]1[C@H]4C[C@H]2O[C@]23CC=CC(=O)[C@]13C. The van der Waals surface area contributed by atoms with Crippen LogP contribution in [0.4, 0.5) is 0 Å². The van der Waals surface area contributed by atoms with Crippen molar-refractivity contribution < 1.29 is 48.0 Å². The molecule has 6 heterocycles. The first-order valence-corrected chi connectivity index (χ1v) is 13.8. The Kier molecular flexibility index (Phi) is 3.47. The van der Waals surface area contributed by atoms with Gasteiger partial charge in [0.25, 0.3) is 0 Å². The summed E-state index contributed by atoms with van der Waals surface area (Å²) in [5, 5.41) is 12.4. The van der Waals surface area contributed by atoms with E-state index in [2.05, 4.69) is 0 Å². The first-order chi connectivity index (χ1) is 17.9. The van der Waals surface area contributed by atoms with Crippen molar-refractivity contribution in [2.75, 3.05) is 6.61 Å². The number of rotatable bonds is 0. The van der Waals surface area contributed by atoms with Crippen molar-refractivity contribution in [2.45, 2.75) is 93.3 Å². The number of Topliss-reactive ketones (excluding diaryl/α,β-unsaturated/α-hetero) is 1. The first-order valence-electron chi connectivity index (χ1n) is 13.8. The molecule has 0 aromatic rings. The first kappa shape index (κ1) is 22.7. The fourth-order valence-corrected chi connectivity index (χ4v) is 10.9. The maximum absolute atomic E-state index is 14.9. The minimum Gasteiger partial charge on any atom is -0.458 e. The number of epoxide rings is 1. The molecule has 2 saturated carbocycles. The average molecular weight is 527 g/mol. The molecule has 6 aliphatic heterocycles. The van der Waals surface area contributed by atoms with Crippen molar-refractivity contribution in [1.29, 1.82) is 0 Å². The molecule has 9 aliphatic rings. The smallest absolute Gasteiger partial charge is 0.342 e. The summed E-state index contributed by atoms with van der Waals surface area (Å²) in [6.07, 6.45) is 3.82. The predicted octanol–water partition coefficient (Wildman–Crippen LogP) is 0.768. The maximum atomic E-state index is 14.9. The molecule has 38 heavy (non-hydrogen) atoms. The molecule has 5 bridgehead atoms. The lowest BCUT2D eigenvalue weighted by Gasteiger charge is -2.63. The van der Waals surface area contributed by atoms with Crippen molar-refractivity contribution >= 4 is 23.5 Å². The number of allylic oxidation sites excluding steroid dienone is 1. The Morgan fingerprint density at radius 2 is 1.84 bits per heavy atom. The molecule has 3 spiro atoms. The van der Waals surface area contributed by atoms with Gasteiger partial charge < -0.3 is 28.8 Å². The third kappa shape index (κ3) is 1.79. The monoisotopic (exact) mass is 526 g/mol. The fraction of sp³-hybridized carbons (Fsp3) is 0.786. The Morgan fingerprint density at radius 3 is 2.63 bits per heavy atom. The van der Waals surface area contributed by atoms with Gasteiger partial charge in [0.05, 0.1) is 30.0 Å². The van der Waals surface area contributed by atoms with Gasteiger partial charge in [-0.2, -0.15) is 0 Å². The fourth-order valence-electron chi connectivity index (χ4n) is 10.9. The standard InChI is InChI=1S/C28H30O10/c1-22-10-17-24(3)28-18(22)19(30)27(38-28,34-11-14(22)20(31)35-17)13-9-16-26(36-16)7-4-5-15(29)23(26,2)12(13)6-8-25(28,33)21(32)37-24/h4-5,12-14,16-18,33H,6-11H2,1-3H3/t12-,13-,14+,16-,17-,18+,22-,23+,24+,25+,26-,27+,28+/m1/s1. The van der Waals surface area contributed by atoms with Crippen LogP contribution < -0.4 is 0 Å². The topological polar surface area (TPSA) is 138 Å². The second-order valence-electron chi connectivity index (χ2n) is 13.8. The second kappa shape index (κ2) is 5.82. The molecular formula is C28H30O10. The van der Waals surface area contributed by atoms with Crippen molar-refractivity contribution in [3.05, 3.63) is 12.2 Å². The van der Waals surface area contributed by atoms with E-state index in [-0.39, 0.29) is 43.5 Å². The molecule has 0 aromatic carbocycles. The van der Waals surface area contributed by atoms with Crippen LogP contribution in [0.3, 0.4) is 0 Å². The summed E-state index contributed by atoms with van der Waals surface area (Å²) in [6, 6.07) is 0. The van der Waals surface area contributed by atoms with Crippen LogP contribution in [0.25, 0.3) is 0 Å². The van der Waals surface area contributed by atoms with Crippen LogP contribution in [0.1, 0.15) is 52.9 Å². The number of ketones is 2. The number of fused-ring (bicyclic) bond motifs is 4. The van der Waals surface area contributed by atoms with Crippen LogP contribution in [0, 0.1) is 34.5 Å². The highest BCUT2D eigenvalue weighted by molar-refractivity contribution is 6.00. The minimum absolute atomic E-state index is 0.0583. The van der Waals surface area contributed by atoms with E-state index in [1.165, 1.54) is 0 Å². The number of aliphatic hydroxyl groups is 1. The Balaban J connectivity index is 1.34. The molecule has 6 saturated heterocycles. The largest absolute Gasteiger partial charge is 0.458 e. The maximum Gasteiger partial charge on any atom is 0.342 e. The zero-order chi connectivity index (χ0) is 26.5. The molecular weight excluding hydrogens is 496 g/mol. The van der Waals surface area contributed by atoms with Gasteiger partial charge in [-0.05, 0) is 63.4 Å². The molecule has 10 heteroatoms. The van der Waals surface area contributed by atoms with Crippen LogP contribution in [-0.2, 0) is 42.9 Å². The van der Waals surface area contributed by atoms with Gasteiger partial charge >= 0.3 is 11.9 Å². The third-order valence-electron chi connectivity index (χ3n) is 12.9. The van der Waals surface area contributed by atoms with E-state index in [0.717, 1.165) is 0 Å². The molecule has 8 fully saturated rings. The molecule has 3 aliphatic carbocycles. The lowest BCUT2D eigenvalue weighted by Crippen LogP contribution is -2.79. The number of hydrogen-bond donors (Lipinski definition) is 1. The summed E-state index contributed by atoms with van der Waals surface area (Å²) in [5.74, 6) is -6.56. The summed E-state index contributed by atoms with van der Waals surface area (Å²) in [4.78, 5) is 55.6. The highest BCUT2D eigenvalue weighted by atomic mass is 16.8. The van der Waals surface area contributed by atoms with Gasteiger partial charge in [0.2, 0.25) is 5.79 Å². The molecule has 0 aromatic heterocycles. The van der Waals surface area contributed by atoms with Gasteiger partial charge in [-0.25, -0.2) is 4.79 Å². The number of ether oxygens (including phenoxy) is 5. The lowest BCUT2D eigenvalue weighted by molar-refractivity contribution is -0.375. The summed E-state index contributed by atoms with van der Waals surface area (Å²) in [7, 11) is 0. The summed E-state index contributed by atoms with van der Waals surface area (Å²) in [6.45, 7) is 5.27. The number of esters is 2. The van der Waals surface area contributed by atoms with E-state index >= 15 is 0 Å². The molecule has 202 valence electrons. The van der Waals surface area contributed by atoms with Crippen LogP contribution >= 0.6 is 0 Å². The zero-order valence-electron chi connectivity index (χ0n) is 21.5. The molecule has 0 radical (unpaired) electrons. The average Bonchev–Trinajstić information content (AvgIpc) is 3.45. The van der Waals surface area contributed by atoms with Crippen molar-refractivity contribution in [3.8, 4) is 0 Å². The highest BCUT2D eigenvalue weighted by Crippen LogP contribution is 2.77. The number of carbonyl (C=O) groups excluding carboxylic acids is 4. The van der Waals surface area contributed by atoms with Crippen LogP contribution in [0.5, 0.6) is 0 Å². The van der Waals surface area contributed by atoms with Crippen molar-refractivity contribution in [3.63, 3.8) is 0 Å².